The highest BCUT2D eigenvalue weighted by atomic mass is 32.2. The molecule has 2 atom stereocenters. The predicted octanol–water partition coefficient (Wildman–Crippen LogP) is -0.309. The maximum absolute atomic E-state index is 11.5. The van der Waals surface area contributed by atoms with E-state index in [1.165, 1.54) is 6.26 Å². The summed E-state index contributed by atoms with van der Waals surface area (Å²) in [6.45, 7) is 4.41. The van der Waals surface area contributed by atoms with Gasteiger partial charge in [0.05, 0.1) is 6.26 Å². The molecule has 2 N–H and O–H groups in total. The van der Waals surface area contributed by atoms with Crippen molar-refractivity contribution in [2.45, 2.75) is 25.3 Å². The fourth-order valence-corrected chi connectivity index (χ4v) is 3.81. The molecule has 0 aliphatic carbocycles. The van der Waals surface area contributed by atoms with Gasteiger partial charge in [-0.1, -0.05) is 0 Å². The van der Waals surface area contributed by atoms with Crippen molar-refractivity contribution in [1.29, 1.82) is 0 Å². The van der Waals surface area contributed by atoms with Crippen molar-refractivity contribution in [2.24, 2.45) is 11.7 Å². The summed E-state index contributed by atoms with van der Waals surface area (Å²) < 4.78 is 24.6. The van der Waals surface area contributed by atoms with E-state index in [4.69, 9.17) is 5.73 Å². The highest BCUT2D eigenvalue weighted by Gasteiger charge is 2.28. The quantitative estimate of drug-likeness (QED) is 0.757. The lowest BCUT2D eigenvalue weighted by Gasteiger charge is -2.33. The molecule has 0 radical (unpaired) electrons. The fraction of sp³-hybridized carbons (Fsp3) is 1.00. The first-order chi connectivity index (χ1) is 7.95. The second-order valence-corrected chi connectivity index (χ2v) is 7.42. The molecule has 2 heterocycles. The largest absolute Gasteiger partial charge is 0.326 e. The minimum absolute atomic E-state index is 0.310. The molecule has 2 fully saturated rings. The van der Waals surface area contributed by atoms with Gasteiger partial charge in [0.25, 0.3) is 0 Å². The number of sulfonamides is 1. The first kappa shape index (κ1) is 13.3. The van der Waals surface area contributed by atoms with Gasteiger partial charge in [0.2, 0.25) is 10.0 Å². The van der Waals surface area contributed by atoms with E-state index >= 15 is 0 Å². The Labute approximate surface area is 104 Å². The highest BCUT2D eigenvalue weighted by Crippen LogP contribution is 2.21. The van der Waals surface area contributed by atoms with Gasteiger partial charge in [-0.15, -0.1) is 0 Å². The van der Waals surface area contributed by atoms with Crippen LogP contribution in [0.5, 0.6) is 0 Å². The number of hydrogen-bond acceptors (Lipinski definition) is 4. The van der Waals surface area contributed by atoms with E-state index in [2.05, 4.69) is 4.90 Å². The number of likely N-dealkylation sites (tertiary alicyclic amines) is 1. The van der Waals surface area contributed by atoms with Crippen molar-refractivity contribution in [1.82, 2.24) is 9.21 Å². The molecule has 0 aromatic rings. The summed E-state index contributed by atoms with van der Waals surface area (Å²) in [6, 6.07) is 0.310. The Balaban J connectivity index is 1.85. The van der Waals surface area contributed by atoms with Crippen LogP contribution in [0.2, 0.25) is 0 Å². The van der Waals surface area contributed by atoms with Gasteiger partial charge in [0, 0.05) is 32.2 Å². The minimum Gasteiger partial charge on any atom is -0.326 e. The van der Waals surface area contributed by atoms with Crippen LogP contribution in [-0.4, -0.2) is 62.6 Å². The van der Waals surface area contributed by atoms with E-state index in [0.717, 1.165) is 38.9 Å². The van der Waals surface area contributed by atoms with E-state index < -0.39 is 10.0 Å². The standard InChI is InChI=1S/C11H23N3O2S/c1-17(15,16)14-5-2-3-10(8-14)7-13-6-4-11(12)9-13/h10-11H,2-9,12H2,1H3/t10?,11-/m1/s1. The van der Waals surface area contributed by atoms with Crippen molar-refractivity contribution < 1.29 is 8.42 Å². The smallest absolute Gasteiger partial charge is 0.211 e. The fourth-order valence-electron chi connectivity index (χ4n) is 2.87. The Morgan fingerprint density at radius 3 is 2.59 bits per heavy atom. The SMILES string of the molecule is CS(=O)(=O)N1CCCC(CN2CC[C@@H](N)C2)C1. The van der Waals surface area contributed by atoms with Gasteiger partial charge in [-0.3, -0.25) is 0 Å². The summed E-state index contributed by atoms with van der Waals surface area (Å²) in [5.41, 5.74) is 5.88. The summed E-state index contributed by atoms with van der Waals surface area (Å²) in [5, 5.41) is 0. The van der Waals surface area contributed by atoms with E-state index in [-0.39, 0.29) is 0 Å². The van der Waals surface area contributed by atoms with Crippen LogP contribution in [0.1, 0.15) is 19.3 Å². The molecule has 17 heavy (non-hydrogen) atoms. The number of rotatable bonds is 3. The number of nitrogens with zero attached hydrogens (tertiary/aromatic N) is 2. The average Bonchev–Trinajstić information content (AvgIpc) is 2.63. The first-order valence-corrected chi connectivity index (χ1v) is 8.23. The summed E-state index contributed by atoms with van der Waals surface area (Å²) >= 11 is 0. The molecule has 2 rings (SSSR count). The Bertz CT molecular complexity index is 358. The molecule has 2 aliphatic heterocycles. The minimum atomic E-state index is -3.01. The summed E-state index contributed by atoms with van der Waals surface area (Å²) in [5.74, 6) is 0.476. The van der Waals surface area contributed by atoms with E-state index in [1.54, 1.807) is 4.31 Å². The van der Waals surface area contributed by atoms with Gasteiger partial charge in [-0.05, 0) is 31.7 Å². The van der Waals surface area contributed by atoms with Crippen molar-refractivity contribution in [3.8, 4) is 0 Å². The highest BCUT2D eigenvalue weighted by molar-refractivity contribution is 7.88. The summed E-state index contributed by atoms with van der Waals surface area (Å²) in [7, 11) is -3.01. The normalized spacial score (nSPS) is 33.1. The van der Waals surface area contributed by atoms with Gasteiger partial charge in [0.1, 0.15) is 0 Å². The number of hydrogen-bond donors (Lipinski definition) is 1. The third-order valence-corrected chi connectivity index (χ3v) is 5.05. The van der Waals surface area contributed by atoms with Crippen LogP contribution in [0.4, 0.5) is 0 Å². The van der Waals surface area contributed by atoms with Crippen LogP contribution >= 0.6 is 0 Å². The molecule has 0 aromatic heterocycles. The molecule has 0 aromatic carbocycles. The van der Waals surface area contributed by atoms with Crippen molar-refractivity contribution in [3.63, 3.8) is 0 Å². The van der Waals surface area contributed by atoms with Gasteiger partial charge in [-0.2, -0.15) is 0 Å². The van der Waals surface area contributed by atoms with Gasteiger partial charge in [0.15, 0.2) is 0 Å². The van der Waals surface area contributed by atoms with Gasteiger partial charge < -0.3 is 10.6 Å². The van der Waals surface area contributed by atoms with Crippen molar-refractivity contribution in [2.75, 3.05) is 39.0 Å². The molecule has 0 saturated carbocycles. The third-order valence-electron chi connectivity index (χ3n) is 3.78. The van der Waals surface area contributed by atoms with Crippen LogP contribution in [0.3, 0.4) is 0 Å². The Kier molecular flexibility index (Phi) is 4.07. The zero-order valence-corrected chi connectivity index (χ0v) is 11.3. The Morgan fingerprint density at radius 1 is 1.24 bits per heavy atom. The zero-order valence-electron chi connectivity index (χ0n) is 10.5. The Morgan fingerprint density at radius 2 is 2.00 bits per heavy atom. The van der Waals surface area contributed by atoms with Gasteiger partial charge in [-0.25, -0.2) is 12.7 Å². The molecule has 6 heteroatoms. The number of nitrogens with two attached hydrogens (primary N) is 1. The first-order valence-electron chi connectivity index (χ1n) is 6.38. The summed E-state index contributed by atoms with van der Waals surface area (Å²) in [4.78, 5) is 2.38. The van der Waals surface area contributed by atoms with Crippen LogP contribution in [0.25, 0.3) is 0 Å². The molecule has 0 spiro atoms. The molecule has 100 valence electrons. The molecule has 2 aliphatic rings. The van der Waals surface area contributed by atoms with E-state index in [9.17, 15) is 8.42 Å². The molecule has 0 amide bonds. The molecule has 0 bridgehead atoms. The third kappa shape index (κ3) is 3.64. The van der Waals surface area contributed by atoms with Crippen LogP contribution in [0.15, 0.2) is 0 Å². The molecular formula is C11H23N3O2S. The molecule has 5 nitrogen and oxygen atoms in total. The Hall–Kier alpha value is -0.170. The van der Waals surface area contributed by atoms with Gasteiger partial charge >= 0.3 is 0 Å². The topological polar surface area (TPSA) is 66.6 Å². The van der Waals surface area contributed by atoms with E-state index in [1.807, 2.05) is 0 Å². The summed E-state index contributed by atoms with van der Waals surface area (Å²) in [6.07, 6.45) is 4.50. The molecule has 2 saturated heterocycles. The van der Waals surface area contributed by atoms with Crippen molar-refractivity contribution >= 4 is 10.0 Å². The molecular weight excluding hydrogens is 238 g/mol. The van der Waals surface area contributed by atoms with Crippen LogP contribution in [0, 0.1) is 5.92 Å². The monoisotopic (exact) mass is 261 g/mol. The lowest BCUT2D eigenvalue weighted by Crippen LogP contribution is -2.43. The number of piperidine rings is 1. The van der Waals surface area contributed by atoms with E-state index in [0.29, 0.717) is 25.0 Å². The second-order valence-electron chi connectivity index (χ2n) is 5.44. The second kappa shape index (κ2) is 5.22. The van der Waals surface area contributed by atoms with Crippen LogP contribution in [-0.2, 0) is 10.0 Å². The van der Waals surface area contributed by atoms with Crippen molar-refractivity contribution in [3.05, 3.63) is 0 Å². The maximum Gasteiger partial charge on any atom is 0.211 e. The predicted molar refractivity (Wildman–Crippen MR) is 68.2 cm³/mol. The lowest BCUT2D eigenvalue weighted by molar-refractivity contribution is 0.199. The lowest BCUT2D eigenvalue weighted by atomic mass is 9.99. The molecule has 1 unspecified atom stereocenters. The zero-order chi connectivity index (χ0) is 12.5. The average molecular weight is 261 g/mol. The van der Waals surface area contributed by atoms with Crippen LogP contribution < -0.4 is 5.73 Å². The maximum atomic E-state index is 11.5.